The van der Waals surface area contributed by atoms with Crippen molar-refractivity contribution < 1.29 is 13.2 Å². The Morgan fingerprint density at radius 3 is 2.43 bits per heavy atom. The van der Waals surface area contributed by atoms with Crippen LogP contribution in [0.1, 0.15) is 18.5 Å². The molecule has 3 rings (SSSR count). The summed E-state index contributed by atoms with van der Waals surface area (Å²) in [6, 6.07) is 0. The number of hydrogen-bond acceptors (Lipinski definition) is 5. The van der Waals surface area contributed by atoms with Crippen molar-refractivity contribution >= 4 is 27.5 Å². The average molecular weight is 362 g/mol. The molecule has 2 saturated heterocycles. The molecule has 0 radical (unpaired) electrons. The van der Waals surface area contributed by atoms with E-state index in [9.17, 15) is 13.2 Å². The van der Waals surface area contributed by atoms with Gasteiger partial charge in [-0.25, -0.2) is 8.42 Å². The van der Waals surface area contributed by atoms with Crippen molar-refractivity contribution in [2.75, 3.05) is 26.2 Å². The standard InChI is InChI=1S/C13H20ClN5O3S/c1-9-10(11(14)18(2)17-9)23(21,22)19-7-3-13(4-8-19)12(20)15-5-6-16-13/h16H,3-8H2,1-2H3,(H,15,20). The predicted molar refractivity (Wildman–Crippen MR) is 84.7 cm³/mol. The van der Waals surface area contributed by atoms with Gasteiger partial charge in [0.2, 0.25) is 15.9 Å². The molecule has 2 fully saturated rings. The van der Waals surface area contributed by atoms with Crippen molar-refractivity contribution in [3.8, 4) is 0 Å². The molecule has 2 N–H and O–H groups in total. The number of rotatable bonds is 2. The molecule has 0 atom stereocenters. The number of halogens is 1. The summed E-state index contributed by atoms with van der Waals surface area (Å²) >= 11 is 6.10. The van der Waals surface area contributed by atoms with Gasteiger partial charge in [-0.3, -0.25) is 9.48 Å². The van der Waals surface area contributed by atoms with Crippen LogP contribution in [0.25, 0.3) is 0 Å². The van der Waals surface area contributed by atoms with Crippen LogP contribution in [0.4, 0.5) is 0 Å². The molecule has 0 aromatic carbocycles. The molecule has 10 heteroatoms. The number of sulfonamides is 1. The Morgan fingerprint density at radius 2 is 1.91 bits per heavy atom. The van der Waals surface area contributed by atoms with Gasteiger partial charge in [-0.2, -0.15) is 9.40 Å². The number of nitrogens with one attached hydrogen (secondary N) is 2. The lowest BCUT2D eigenvalue weighted by Gasteiger charge is -2.42. The van der Waals surface area contributed by atoms with E-state index in [1.54, 1.807) is 14.0 Å². The van der Waals surface area contributed by atoms with Crippen molar-refractivity contribution in [2.24, 2.45) is 7.05 Å². The fourth-order valence-electron chi connectivity index (χ4n) is 3.27. The zero-order valence-electron chi connectivity index (χ0n) is 13.1. The number of amides is 1. The first kappa shape index (κ1) is 16.7. The summed E-state index contributed by atoms with van der Waals surface area (Å²) in [5.41, 5.74) is -0.274. The third kappa shape index (κ3) is 2.65. The van der Waals surface area contributed by atoms with Crippen LogP contribution in [0.15, 0.2) is 4.90 Å². The first-order valence-electron chi connectivity index (χ1n) is 7.50. The lowest BCUT2D eigenvalue weighted by molar-refractivity contribution is -0.131. The SMILES string of the molecule is Cc1nn(C)c(Cl)c1S(=O)(=O)N1CCC2(CC1)NCCNC2=O. The number of aromatic nitrogens is 2. The van der Waals surface area contributed by atoms with Crippen LogP contribution in [0.2, 0.25) is 5.15 Å². The van der Waals surface area contributed by atoms with Crippen LogP contribution >= 0.6 is 11.6 Å². The lowest BCUT2D eigenvalue weighted by Crippen LogP contribution is -2.66. The third-order valence-electron chi connectivity index (χ3n) is 4.58. The molecule has 2 aliphatic rings. The van der Waals surface area contributed by atoms with Gasteiger partial charge in [0.25, 0.3) is 0 Å². The number of aryl methyl sites for hydroxylation is 2. The van der Waals surface area contributed by atoms with E-state index in [2.05, 4.69) is 15.7 Å². The monoisotopic (exact) mass is 361 g/mol. The normalized spacial score (nSPS) is 22.3. The minimum absolute atomic E-state index is 0.0450. The smallest absolute Gasteiger partial charge is 0.248 e. The van der Waals surface area contributed by atoms with E-state index < -0.39 is 15.6 Å². The highest BCUT2D eigenvalue weighted by Crippen LogP contribution is 2.32. The summed E-state index contributed by atoms with van der Waals surface area (Å²) in [4.78, 5) is 12.2. The number of hydrogen-bond donors (Lipinski definition) is 2. The fourth-order valence-corrected chi connectivity index (χ4v) is 5.42. The predicted octanol–water partition coefficient (Wildman–Crippen LogP) is -0.375. The van der Waals surface area contributed by atoms with E-state index in [0.29, 0.717) is 31.6 Å². The van der Waals surface area contributed by atoms with Gasteiger partial charge in [0, 0.05) is 33.2 Å². The second-order valence-electron chi connectivity index (χ2n) is 6.00. The molecule has 1 aromatic heterocycles. The number of piperazine rings is 1. The number of carbonyl (C=O) groups is 1. The Labute approximate surface area is 140 Å². The zero-order valence-corrected chi connectivity index (χ0v) is 14.7. The quantitative estimate of drug-likeness (QED) is 0.749. The second-order valence-corrected chi connectivity index (χ2v) is 8.23. The highest BCUT2D eigenvalue weighted by atomic mass is 35.5. The zero-order chi connectivity index (χ0) is 16.8. The third-order valence-corrected chi connectivity index (χ3v) is 7.18. The van der Waals surface area contributed by atoms with E-state index in [1.807, 2.05) is 0 Å². The molecular formula is C13H20ClN5O3S. The van der Waals surface area contributed by atoms with E-state index in [0.717, 1.165) is 0 Å². The Kier molecular flexibility index (Phi) is 4.16. The van der Waals surface area contributed by atoms with Crippen LogP contribution in [-0.4, -0.2) is 60.1 Å². The number of carbonyl (C=O) groups excluding carboxylic acids is 1. The minimum Gasteiger partial charge on any atom is -0.353 e. The maximum absolute atomic E-state index is 12.9. The Bertz CT molecular complexity index is 737. The summed E-state index contributed by atoms with van der Waals surface area (Å²) in [5, 5.41) is 10.3. The van der Waals surface area contributed by atoms with E-state index in [-0.39, 0.29) is 29.0 Å². The molecule has 1 aromatic rings. The fraction of sp³-hybridized carbons (Fsp3) is 0.692. The Balaban J connectivity index is 1.83. The highest BCUT2D eigenvalue weighted by Gasteiger charge is 2.45. The van der Waals surface area contributed by atoms with Gasteiger partial charge in [-0.05, 0) is 19.8 Å². The highest BCUT2D eigenvalue weighted by molar-refractivity contribution is 7.89. The van der Waals surface area contributed by atoms with Crippen molar-refractivity contribution in [2.45, 2.75) is 30.2 Å². The summed E-state index contributed by atoms with van der Waals surface area (Å²) in [6.45, 7) is 3.47. The Morgan fingerprint density at radius 1 is 1.26 bits per heavy atom. The molecular weight excluding hydrogens is 342 g/mol. The van der Waals surface area contributed by atoms with Crippen LogP contribution in [0.3, 0.4) is 0 Å². The molecule has 1 amide bonds. The first-order valence-corrected chi connectivity index (χ1v) is 9.32. The van der Waals surface area contributed by atoms with Gasteiger partial charge in [0.05, 0.1) is 5.69 Å². The molecule has 2 aliphatic heterocycles. The maximum atomic E-state index is 12.9. The van der Waals surface area contributed by atoms with Gasteiger partial charge in [0.1, 0.15) is 15.6 Å². The van der Waals surface area contributed by atoms with Crippen molar-refractivity contribution in [3.63, 3.8) is 0 Å². The molecule has 0 bridgehead atoms. The van der Waals surface area contributed by atoms with Crippen LogP contribution in [-0.2, 0) is 21.9 Å². The van der Waals surface area contributed by atoms with Gasteiger partial charge < -0.3 is 10.6 Å². The van der Waals surface area contributed by atoms with Crippen LogP contribution in [0.5, 0.6) is 0 Å². The van der Waals surface area contributed by atoms with Gasteiger partial charge in [0.15, 0.2) is 0 Å². The molecule has 128 valence electrons. The van der Waals surface area contributed by atoms with Gasteiger partial charge >= 0.3 is 0 Å². The van der Waals surface area contributed by atoms with Crippen LogP contribution in [0, 0.1) is 6.92 Å². The number of nitrogens with zero attached hydrogens (tertiary/aromatic N) is 3. The lowest BCUT2D eigenvalue weighted by atomic mass is 9.86. The van der Waals surface area contributed by atoms with Crippen molar-refractivity contribution in [1.82, 2.24) is 24.7 Å². The van der Waals surface area contributed by atoms with Crippen LogP contribution < -0.4 is 10.6 Å². The minimum atomic E-state index is -3.72. The van der Waals surface area contributed by atoms with E-state index >= 15 is 0 Å². The molecule has 8 nitrogen and oxygen atoms in total. The second kappa shape index (κ2) is 5.73. The Hall–Kier alpha value is -1.16. The summed E-state index contributed by atoms with van der Waals surface area (Å²) in [6.07, 6.45) is 0.879. The molecule has 0 saturated carbocycles. The van der Waals surface area contributed by atoms with Crippen molar-refractivity contribution in [3.05, 3.63) is 10.8 Å². The topological polar surface area (TPSA) is 96.3 Å². The number of piperidine rings is 1. The van der Waals surface area contributed by atoms with Gasteiger partial charge in [-0.1, -0.05) is 11.6 Å². The summed E-state index contributed by atoms with van der Waals surface area (Å²) in [5.74, 6) is -0.0450. The summed E-state index contributed by atoms with van der Waals surface area (Å²) in [7, 11) is -2.11. The first-order chi connectivity index (χ1) is 10.8. The molecule has 3 heterocycles. The largest absolute Gasteiger partial charge is 0.353 e. The molecule has 0 aliphatic carbocycles. The molecule has 23 heavy (non-hydrogen) atoms. The maximum Gasteiger partial charge on any atom is 0.248 e. The van der Waals surface area contributed by atoms with E-state index in [1.165, 1.54) is 8.99 Å². The summed E-state index contributed by atoms with van der Waals surface area (Å²) < 4.78 is 28.5. The van der Waals surface area contributed by atoms with Gasteiger partial charge in [-0.15, -0.1) is 0 Å². The van der Waals surface area contributed by atoms with Crippen molar-refractivity contribution in [1.29, 1.82) is 0 Å². The average Bonchev–Trinajstić information content (AvgIpc) is 2.76. The van der Waals surface area contributed by atoms with E-state index in [4.69, 9.17) is 11.6 Å². The molecule has 0 unspecified atom stereocenters. The molecule has 1 spiro atoms.